The normalized spacial score (nSPS) is 12.6. The van der Waals surface area contributed by atoms with E-state index in [-0.39, 0.29) is 0 Å². The first kappa shape index (κ1) is 16.4. The van der Waals surface area contributed by atoms with Crippen molar-refractivity contribution in [2.24, 2.45) is 0 Å². The summed E-state index contributed by atoms with van der Waals surface area (Å²) in [5.41, 5.74) is 2.36. The van der Waals surface area contributed by atoms with Crippen LogP contribution in [0.5, 0.6) is 0 Å². The number of rotatable bonds is 7. The summed E-state index contributed by atoms with van der Waals surface area (Å²) in [6, 6.07) is 0. The molecule has 6 heteroatoms. The first-order valence-corrected chi connectivity index (χ1v) is 9.01. The van der Waals surface area contributed by atoms with Crippen molar-refractivity contribution in [2.45, 2.75) is 46.2 Å². The molecular formula is C15H24N4S2. The highest BCUT2D eigenvalue weighted by molar-refractivity contribution is 7.15. The fourth-order valence-corrected chi connectivity index (χ4v) is 3.93. The number of hydrogen-bond donors (Lipinski definition) is 1. The lowest BCUT2D eigenvalue weighted by Gasteiger charge is -2.14. The van der Waals surface area contributed by atoms with Gasteiger partial charge in [0.2, 0.25) is 0 Å². The molecule has 4 nitrogen and oxygen atoms in total. The van der Waals surface area contributed by atoms with Crippen molar-refractivity contribution in [3.63, 3.8) is 0 Å². The zero-order chi connectivity index (χ0) is 15.4. The summed E-state index contributed by atoms with van der Waals surface area (Å²) in [5.74, 6) is 0.508. The molecule has 0 saturated carbocycles. The van der Waals surface area contributed by atoms with Crippen molar-refractivity contribution in [1.29, 1.82) is 0 Å². The minimum atomic E-state index is 0.508. The Hall–Kier alpha value is -0.980. The van der Waals surface area contributed by atoms with E-state index in [4.69, 9.17) is 4.98 Å². The van der Waals surface area contributed by atoms with Crippen LogP contribution in [0, 0.1) is 6.92 Å². The minimum absolute atomic E-state index is 0.508. The van der Waals surface area contributed by atoms with E-state index in [0.29, 0.717) is 5.92 Å². The highest BCUT2D eigenvalue weighted by Crippen LogP contribution is 2.32. The first-order valence-electron chi connectivity index (χ1n) is 7.31. The Morgan fingerprint density at radius 2 is 2.14 bits per heavy atom. The van der Waals surface area contributed by atoms with Crippen molar-refractivity contribution in [3.05, 3.63) is 26.7 Å². The van der Waals surface area contributed by atoms with Gasteiger partial charge in [0.25, 0.3) is 0 Å². The second kappa shape index (κ2) is 7.33. The largest absolute Gasteiger partial charge is 0.345 e. The number of nitrogens with one attached hydrogen (secondary N) is 1. The van der Waals surface area contributed by atoms with Crippen LogP contribution in [-0.2, 0) is 13.1 Å². The van der Waals surface area contributed by atoms with Crippen molar-refractivity contribution in [3.8, 4) is 0 Å². The van der Waals surface area contributed by atoms with Gasteiger partial charge in [-0.05, 0) is 26.3 Å². The standard InChI is InChI=1S/C15H24N4S2/c1-6-10(2)14-13(7-16-4)21-15(18-14)19(5)8-12-9-20-11(3)17-12/h9-10,16H,6-8H2,1-5H3. The predicted octanol–water partition coefficient (Wildman–Crippen LogP) is 3.78. The molecule has 1 N–H and O–H groups in total. The molecule has 0 aliphatic rings. The van der Waals surface area contributed by atoms with Gasteiger partial charge in [0.1, 0.15) is 0 Å². The van der Waals surface area contributed by atoms with E-state index in [1.807, 2.05) is 14.0 Å². The second-order valence-electron chi connectivity index (χ2n) is 5.36. The maximum Gasteiger partial charge on any atom is 0.185 e. The number of thiazole rings is 2. The van der Waals surface area contributed by atoms with Gasteiger partial charge in [0.05, 0.1) is 22.9 Å². The molecule has 2 aromatic rings. The lowest BCUT2D eigenvalue weighted by molar-refractivity contribution is 0.692. The third-order valence-electron chi connectivity index (χ3n) is 3.53. The van der Waals surface area contributed by atoms with Gasteiger partial charge in [0.15, 0.2) is 5.13 Å². The summed E-state index contributed by atoms with van der Waals surface area (Å²) in [4.78, 5) is 13.0. The van der Waals surface area contributed by atoms with E-state index in [2.05, 4.69) is 41.5 Å². The molecule has 0 amide bonds. The van der Waals surface area contributed by atoms with Crippen LogP contribution in [0.1, 0.15) is 47.5 Å². The Morgan fingerprint density at radius 3 is 2.71 bits per heavy atom. The molecule has 116 valence electrons. The molecule has 21 heavy (non-hydrogen) atoms. The molecule has 1 unspecified atom stereocenters. The van der Waals surface area contributed by atoms with Crippen molar-refractivity contribution >= 4 is 27.8 Å². The van der Waals surface area contributed by atoms with Gasteiger partial charge in [-0.1, -0.05) is 13.8 Å². The molecule has 1 atom stereocenters. The molecule has 2 heterocycles. The third-order valence-corrected chi connectivity index (χ3v) is 5.53. The van der Waals surface area contributed by atoms with Crippen LogP contribution in [0.4, 0.5) is 5.13 Å². The average Bonchev–Trinajstić information content (AvgIpc) is 3.05. The van der Waals surface area contributed by atoms with Gasteiger partial charge in [-0.2, -0.15) is 0 Å². The van der Waals surface area contributed by atoms with E-state index in [0.717, 1.165) is 35.3 Å². The van der Waals surface area contributed by atoms with Crippen LogP contribution in [0.25, 0.3) is 0 Å². The number of nitrogens with zero attached hydrogens (tertiary/aromatic N) is 3. The van der Waals surface area contributed by atoms with Crippen LogP contribution in [-0.4, -0.2) is 24.1 Å². The minimum Gasteiger partial charge on any atom is -0.345 e. The SMILES string of the molecule is CCC(C)c1nc(N(C)Cc2csc(C)n2)sc1CNC. The molecule has 0 aliphatic heterocycles. The fraction of sp³-hybridized carbons (Fsp3) is 0.600. The summed E-state index contributed by atoms with van der Waals surface area (Å²) in [6.45, 7) is 8.22. The molecule has 0 fully saturated rings. The highest BCUT2D eigenvalue weighted by Gasteiger charge is 2.18. The van der Waals surface area contributed by atoms with Gasteiger partial charge in [0, 0.05) is 23.8 Å². The predicted molar refractivity (Wildman–Crippen MR) is 92.5 cm³/mol. The summed E-state index contributed by atoms with van der Waals surface area (Å²) in [7, 11) is 4.08. The third kappa shape index (κ3) is 4.02. The van der Waals surface area contributed by atoms with Crippen LogP contribution >= 0.6 is 22.7 Å². The topological polar surface area (TPSA) is 41.1 Å². The van der Waals surface area contributed by atoms with Crippen LogP contribution in [0.2, 0.25) is 0 Å². The molecule has 0 radical (unpaired) electrons. The zero-order valence-corrected chi connectivity index (χ0v) is 15.1. The molecule has 0 saturated heterocycles. The summed E-state index contributed by atoms with van der Waals surface area (Å²) >= 11 is 3.49. The number of hydrogen-bond acceptors (Lipinski definition) is 6. The zero-order valence-electron chi connectivity index (χ0n) is 13.4. The first-order chi connectivity index (χ1) is 10.0. The lowest BCUT2D eigenvalue weighted by Crippen LogP contribution is -2.16. The molecule has 0 spiro atoms. The Kier molecular flexibility index (Phi) is 5.72. The Bertz CT molecular complexity index is 576. The van der Waals surface area contributed by atoms with Gasteiger partial charge in [-0.25, -0.2) is 9.97 Å². The fourth-order valence-electron chi connectivity index (χ4n) is 2.17. The van der Waals surface area contributed by atoms with Crippen molar-refractivity contribution in [1.82, 2.24) is 15.3 Å². The quantitative estimate of drug-likeness (QED) is 0.841. The average molecular weight is 325 g/mol. The second-order valence-corrected chi connectivity index (χ2v) is 7.48. The van der Waals surface area contributed by atoms with Gasteiger partial charge in [-0.3, -0.25) is 0 Å². The van der Waals surface area contributed by atoms with Gasteiger partial charge in [-0.15, -0.1) is 22.7 Å². The smallest absolute Gasteiger partial charge is 0.185 e. The van der Waals surface area contributed by atoms with E-state index in [9.17, 15) is 0 Å². The number of anilines is 1. The summed E-state index contributed by atoms with van der Waals surface area (Å²) in [5, 5.41) is 7.58. The number of aromatic nitrogens is 2. The maximum absolute atomic E-state index is 4.88. The molecule has 0 bridgehead atoms. The van der Waals surface area contributed by atoms with E-state index in [1.165, 1.54) is 10.6 Å². The van der Waals surface area contributed by atoms with Gasteiger partial charge < -0.3 is 10.2 Å². The van der Waals surface area contributed by atoms with Crippen LogP contribution < -0.4 is 10.2 Å². The number of aryl methyl sites for hydroxylation is 1. The van der Waals surface area contributed by atoms with Crippen molar-refractivity contribution in [2.75, 3.05) is 19.0 Å². The molecule has 2 aromatic heterocycles. The van der Waals surface area contributed by atoms with E-state index in [1.54, 1.807) is 22.7 Å². The van der Waals surface area contributed by atoms with E-state index >= 15 is 0 Å². The molecule has 2 rings (SSSR count). The van der Waals surface area contributed by atoms with E-state index < -0.39 is 0 Å². The highest BCUT2D eigenvalue weighted by atomic mass is 32.1. The molecule has 0 aromatic carbocycles. The van der Waals surface area contributed by atoms with Crippen LogP contribution in [0.15, 0.2) is 5.38 Å². The summed E-state index contributed by atoms with van der Waals surface area (Å²) < 4.78 is 0. The monoisotopic (exact) mass is 324 g/mol. The maximum atomic E-state index is 4.88. The molecular weight excluding hydrogens is 300 g/mol. The summed E-state index contributed by atoms with van der Waals surface area (Å²) in [6.07, 6.45) is 1.12. The van der Waals surface area contributed by atoms with Crippen LogP contribution in [0.3, 0.4) is 0 Å². The Labute approximate surface area is 135 Å². The van der Waals surface area contributed by atoms with Crippen molar-refractivity contribution < 1.29 is 0 Å². The Morgan fingerprint density at radius 1 is 1.38 bits per heavy atom. The molecule has 0 aliphatic carbocycles. The van der Waals surface area contributed by atoms with Gasteiger partial charge >= 0.3 is 0 Å². The Balaban J connectivity index is 2.18. The lowest BCUT2D eigenvalue weighted by atomic mass is 10.0.